The molecular weight excluding hydrogens is 141 g/mol. The number of rotatable bonds is 3. The van der Waals surface area contributed by atoms with Crippen molar-refractivity contribution in [3.63, 3.8) is 0 Å². The van der Waals surface area contributed by atoms with E-state index in [-0.39, 0.29) is 6.79 Å². The van der Waals surface area contributed by atoms with Crippen LogP contribution in [0.4, 0.5) is 0 Å². The minimum absolute atomic E-state index is 0.228. The lowest BCUT2D eigenvalue weighted by molar-refractivity contribution is 0.0509. The molecule has 0 aliphatic carbocycles. The second kappa shape index (κ2) is 3.98. The van der Waals surface area contributed by atoms with Gasteiger partial charge in [-0.05, 0) is 17.7 Å². The lowest BCUT2D eigenvalue weighted by atomic mass is 10.0. The van der Waals surface area contributed by atoms with E-state index in [4.69, 9.17) is 17.3 Å². The zero-order valence-corrected chi connectivity index (χ0v) is 6.28. The minimum Gasteiger partial charge on any atom is -0.466 e. The summed E-state index contributed by atoms with van der Waals surface area (Å²) in [5.41, 5.74) is 0.481. The van der Waals surface area contributed by atoms with Crippen LogP contribution in [0.15, 0.2) is 18.3 Å². The van der Waals surface area contributed by atoms with E-state index in [0.717, 1.165) is 0 Å². The third kappa shape index (κ3) is 2.59. The summed E-state index contributed by atoms with van der Waals surface area (Å²) < 4.78 is 9.76. The van der Waals surface area contributed by atoms with E-state index >= 15 is 0 Å². The maximum Gasteiger partial charge on any atom is 0.188 e. The van der Waals surface area contributed by atoms with E-state index in [1.165, 1.54) is 0 Å². The monoisotopic (exact) mass is 149 g/mol. The largest absolute Gasteiger partial charge is 0.466 e. The van der Waals surface area contributed by atoms with Crippen molar-refractivity contribution in [2.75, 3.05) is 13.9 Å². The Balaban J connectivity index is 2.52. The van der Waals surface area contributed by atoms with Gasteiger partial charge in [-0.15, -0.1) is 0 Å². The molecule has 0 fully saturated rings. The van der Waals surface area contributed by atoms with Crippen molar-refractivity contribution >= 4 is 13.4 Å². The number of methoxy groups -OCH3 is 1. The number of pyridine rings is 1. The summed E-state index contributed by atoms with van der Waals surface area (Å²) in [5, 5.41) is 0. The van der Waals surface area contributed by atoms with Crippen molar-refractivity contribution in [2.24, 2.45) is 0 Å². The Bertz CT molecular complexity index is 212. The van der Waals surface area contributed by atoms with Crippen molar-refractivity contribution in [2.45, 2.75) is 0 Å². The number of aromatic nitrogens is 1. The van der Waals surface area contributed by atoms with Gasteiger partial charge in [-0.25, -0.2) is 0 Å². The molecule has 0 spiro atoms. The molecule has 4 heteroatoms. The van der Waals surface area contributed by atoms with Crippen LogP contribution < -0.4 is 10.3 Å². The molecule has 11 heavy (non-hydrogen) atoms. The van der Waals surface area contributed by atoms with Crippen molar-refractivity contribution in [1.82, 2.24) is 4.98 Å². The van der Waals surface area contributed by atoms with Crippen LogP contribution in [0.2, 0.25) is 0 Å². The maximum atomic E-state index is 5.36. The summed E-state index contributed by atoms with van der Waals surface area (Å²) in [6.45, 7) is 0.228. The Morgan fingerprint density at radius 2 is 2.36 bits per heavy atom. The van der Waals surface area contributed by atoms with Crippen molar-refractivity contribution in [3.8, 4) is 5.75 Å². The van der Waals surface area contributed by atoms with Gasteiger partial charge in [0.2, 0.25) is 0 Å². The van der Waals surface area contributed by atoms with Crippen molar-refractivity contribution in [1.29, 1.82) is 0 Å². The first-order valence-electron chi connectivity index (χ1n) is 3.16. The van der Waals surface area contributed by atoms with E-state index in [1.54, 1.807) is 25.4 Å². The average Bonchev–Trinajstić information content (AvgIpc) is 2.04. The molecule has 1 rings (SSSR count). The van der Waals surface area contributed by atoms with Gasteiger partial charge < -0.3 is 9.47 Å². The van der Waals surface area contributed by atoms with Crippen LogP contribution in [0.5, 0.6) is 5.75 Å². The van der Waals surface area contributed by atoms with Crippen LogP contribution in [0, 0.1) is 0 Å². The lowest BCUT2D eigenvalue weighted by Gasteiger charge is -2.02. The van der Waals surface area contributed by atoms with Crippen LogP contribution >= 0.6 is 0 Å². The van der Waals surface area contributed by atoms with Gasteiger partial charge in [0.1, 0.15) is 13.6 Å². The average molecular weight is 149 g/mol. The number of hydrogen-bond acceptors (Lipinski definition) is 3. The van der Waals surface area contributed by atoms with E-state index in [0.29, 0.717) is 11.3 Å². The number of nitrogens with zero attached hydrogens (tertiary/aromatic N) is 1. The van der Waals surface area contributed by atoms with Gasteiger partial charge in [-0.1, -0.05) is 0 Å². The van der Waals surface area contributed by atoms with Crippen molar-refractivity contribution < 1.29 is 9.47 Å². The summed E-state index contributed by atoms with van der Waals surface area (Å²) in [6.07, 6.45) is 1.55. The van der Waals surface area contributed by atoms with Gasteiger partial charge in [-0.2, -0.15) is 0 Å². The standard InChI is InChI=1S/C7H8BNO2/c1-10-5-11-6-2-3-7(8)9-4-6/h2-4H,5H2,1H3. The highest BCUT2D eigenvalue weighted by atomic mass is 16.7. The normalized spacial score (nSPS) is 9.55. The quantitative estimate of drug-likeness (QED) is 0.442. The fourth-order valence-corrected chi connectivity index (χ4v) is 0.604. The van der Waals surface area contributed by atoms with Crippen LogP contribution in [-0.4, -0.2) is 26.7 Å². The van der Waals surface area contributed by atoms with E-state index in [1.807, 2.05) is 0 Å². The Kier molecular flexibility index (Phi) is 2.92. The van der Waals surface area contributed by atoms with Crippen LogP contribution in [0.1, 0.15) is 0 Å². The van der Waals surface area contributed by atoms with Gasteiger partial charge >= 0.3 is 0 Å². The fraction of sp³-hybridized carbons (Fsp3) is 0.286. The predicted octanol–water partition coefficient (Wildman–Crippen LogP) is -0.142. The molecular formula is C7H8BNO2. The molecule has 0 atom stereocenters. The molecule has 1 aromatic rings. The molecule has 3 nitrogen and oxygen atoms in total. The minimum atomic E-state index is 0.228. The Hall–Kier alpha value is -1.03. The first-order valence-corrected chi connectivity index (χ1v) is 3.16. The second-order valence-electron chi connectivity index (χ2n) is 1.97. The highest BCUT2D eigenvalue weighted by Crippen LogP contribution is 2.03. The van der Waals surface area contributed by atoms with E-state index in [9.17, 15) is 0 Å². The van der Waals surface area contributed by atoms with Gasteiger partial charge in [0.25, 0.3) is 0 Å². The molecule has 1 aromatic heterocycles. The SMILES string of the molecule is [B]c1ccc(OCOC)cn1. The van der Waals surface area contributed by atoms with Gasteiger partial charge in [-0.3, -0.25) is 4.98 Å². The zero-order valence-electron chi connectivity index (χ0n) is 6.28. The Morgan fingerprint density at radius 3 is 2.91 bits per heavy atom. The van der Waals surface area contributed by atoms with Crippen LogP contribution in [0.25, 0.3) is 0 Å². The molecule has 0 amide bonds. The first-order chi connectivity index (χ1) is 5.33. The van der Waals surface area contributed by atoms with Crippen LogP contribution in [-0.2, 0) is 4.74 Å². The molecule has 0 aliphatic heterocycles. The molecule has 2 radical (unpaired) electrons. The second-order valence-corrected chi connectivity index (χ2v) is 1.97. The Labute approximate surface area is 66.8 Å². The first kappa shape index (κ1) is 8.08. The van der Waals surface area contributed by atoms with Gasteiger partial charge in [0.05, 0.1) is 6.20 Å². The third-order valence-corrected chi connectivity index (χ3v) is 1.10. The molecule has 0 saturated heterocycles. The zero-order chi connectivity index (χ0) is 8.10. The molecule has 0 aliphatic rings. The molecule has 0 bridgehead atoms. The Morgan fingerprint density at radius 1 is 1.55 bits per heavy atom. The summed E-state index contributed by atoms with van der Waals surface area (Å²) in [6, 6.07) is 3.41. The molecule has 0 N–H and O–H groups in total. The van der Waals surface area contributed by atoms with E-state index < -0.39 is 0 Å². The lowest BCUT2D eigenvalue weighted by Crippen LogP contribution is -2.07. The molecule has 0 unspecified atom stereocenters. The number of ether oxygens (including phenoxy) is 2. The van der Waals surface area contributed by atoms with Crippen LogP contribution in [0.3, 0.4) is 0 Å². The predicted molar refractivity (Wildman–Crippen MR) is 42.1 cm³/mol. The van der Waals surface area contributed by atoms with Crippen molar-refractivity contribution in [3.05, 3.63) is 18.3 Å². The maximum absolute atomic E-state index is 5.36. The molecule has 0 saturated carbocycles. The fourth-order valence-electron chi connectivity index (χ4n) is 0.604. The summed E-state index contributed by atoms with van der Waals surface area (Å²) >= 11 is 0. The summed E-state index contributed by atoms with van der Waals surface area (Å²) in [7, 11) is 6.92. The molecule has 1 heterocycles. The third-order valence-electron chi connectivity index (χ3n) is 1.10. The van der Waals surface area contributed by atoms with E-state index in [2.05, 4.69) is 4.98 Å². The van der Waals surface area contributed by atoms with Gasteiger partial charge in [0, 0.05) is 7.11 Å². The summed E-state index contributed by atoms with van der Waals surface area (Å²) in [5.74, 6) is 0.654. The highest BCUT2D eigenvalue weighted by molar-refractivity contribution is 6.30. The molecule has 56 valence electrons. The smallest absolute Gasteiger partial charge is 0.188 e. The van der Waals surface area contributed by atoms with Gasteiger partial charge in [0.15, 0.2) is 6.79 Å². The summed E-state index contributed by atoms with van der Waals surface area (Å²) in [4.78, 5) is 3.83. The topological polar surface area (TPSA) is 31.4 Å². The molecule has 0 aromatic carbocycles. The highest BCUT2D eigenvalue weighted by Gasteiger charge is 1.90. The number of hydrogen-bond donors (Lipinski definition) is 0.